The standard InChI is InChI=1S/C20H24F3N3O3/c1-3-4-10-29-11-6-9-24-19(28)18-17(27)12-14(2)26(25-18)16-8-5-7-15(13-16)20(21,22)23/h5,7-8,12-13H,3-4,6,9-11H2,1-2H3,(H,24,28). The van der Waals surface area contributed by atoms with Crippen LogP contribution in [0.3, 0.4) is 0 Å². The molecule has 0 unspecified atom stereocenters. The number of rotatable bonds is 9. The van der Waals surface area contributed by atoms with Crippen molar-refractivity contribution in [3.63, 3.8) is 0 Å². The first-order valence-corrected chi connectivity index (χ1v) is 9.38. The van der Waals surface area contributed by atoms with E-state index in [2.05, 4.69) is 17.3 Å². The van der Waals surface area contributed by atoms with Gasteiger partial charge in [0.05, 0.1) is 11.3 Å². The number of nitrogens with one attached hydrogen (secondary N) is 1. The number of amides is 1. The SMILES string of the molecule is CCCCOCCCNC(=O)c1nn(-c2cccc(C(F)(F)F)c2)c(C)cc1=O. The Balaban J connectivity index is 2.13. The molecule has 0 aliphatic heterocycles. The van der Waals surface area contributed by atoms with Gasteiger partial charge in [-0.3, -0.25) is 9.59 Å². The molecule has 0 fully saturated rings. The molecule has 1 aromatic heterocycles. The molecule has 0 aliphatic rings. The lowest BCUT2D eigenvalue weighted by Gasteiger charge is -2.13. The number of aryl methyl sites for hydroxylation is 1. The lowest BCUT2D eigenvalue weighted by Crippen LogP contribution is -2.33. The van der Waals surface area contributed by atoms with E-state index in [1.807, 2.05) is 0 Å². The fraction of sp³-hybridized carbons (Fsp3) is 0.450. The maximum atomic E-state index is 13.0. The molecule has 0 spiro atoms. The van der Waals surface area contributed by atoms with Crippen LogP contribution in [0.5, 0.6) is 0 Å². The van der Waals surface area contributed by atoms with E-state index >= 15 is 0 Å². The van der Waals surface area contributed by atoms with E-state index in [0.717, 1.165) is 29.7 Å². The molecule has 0 saturated carbocycles. The van der Waals surface area contributed by atoms with Crippen LogP contribution in [0.1, 0.15) is 47.9 Å². The van der Waals surface area contributed by atoms with Crippen LogP contribution >= 0.6 is 0 Å². The molecule has 2 rings (SSSR count). The first kappa shape index (κ1) is 22.6. The number of aromatic nitrogens is 2. The van der Waals surface area contributed by atoms with Crippen molar-refractivity contribution in [1.29, 1.82) is 0 Å². The number of benzene rings is 1. The third kappa shape index (κ3) is 6.42. The van der Waals surface area contributed by atoms with Gasteiger partial charge >= 0.3 is 6.18 Å². The van der Waals surface area contributed by atoms with Crippen LogP contribution in [0, 0.1) is 6.92 Å². The van der Waals surface area contributed by atoms with Crippen molar-refractivity contribution >= 4 is 5.91 Å². The Kier molecular flexibility index (Phi) is 7.95. The Morgan fingerprint density at radius 3 is 2.62 bits per heavy atom. The van der Waals surface area contributed by atoms with Gasteiger partial charge in [-0.15, -0.1) is 0 Å². The fourth-order valence-corrected chi connectivity index (χ4v) is 2.59. The van der Waals surface area contributed by atoms with Crippen molar-refractivity contribution in [2.45, 2.75) is 39.3 Å². The zero-order valence-corrected chi connectivity index (χ0v) is 16.4. The summed E-state index contributed by atoms with van der Waals surface area (Å²) in [6, 6.07) is 5.71. The van der Waals surface area contributed by atoms with E-state index in [0.29, 0.717) is 31.9 Å². The van der Waals surface area contributed by atoms with Crippen molar-refractivity contribution in [1.82, 2.24) is 15.1 Å². The minimum Gasteiger partial charge on any atom is -0.381 e. The highest BCUT2D eigenvalue weighted by Gasteiger charge is 2.30. The Bertz CT molecular complexity index is 895. The summed E-state index contributed by atoms with van der Waals surface area (Å²) in [5.41, 5.74) is -1.39. The summed E-state index contributed by atoms with van der Waals surface area (Å²) in [4.78, 5) is 24.5. The highest BCUT2D eigenvalue weighted by molar-refractivity contribution is 5.92. The van der Waals surface area contributed by atoms with E-state index in [9.17, 15) is 22.8 Å². The molecule has 0 radical (unpaired) electrons. The van der Waals surface area contributed by atoms with E-state index < -0.39 is 23.1 Å². The van der Waals surface area contributed by atoms with Crippen LogP contribution in [0.4, 0.5) is 13.2 Å². The predicted octanol–water partition coefficient (Wildman–Crippen LogP) is 3.50. The van der Waals surface area contributed by atoms with Gasteiger partial charge < -0.3 is 10.1 Å². The molecule has 1 aromatic carbocycles. The largest absolute Gasteiger partial charge is 0.416 e. The summed E-state index contributed by atoms with van der Waals surface area (Å²) in [5, 5.41) is 6.59. The highest BCUT2D eigenvalue weighted by atomic mass is 19.4. The van der Waals surface area contributed by atoms with E-state index in [1.54, 1.807) is 0 Å². The molecule has 0 aliphatic carbocycles. The Hall–Kier alpha value is -2.68. The van der Waals surface area contributed by atoms with Crippen LogP contribution in [-0.4, -0.2) is 35.4 Å². The molecular weight excluding hydrogens is 387 g/mol. The van der Waals surface area contributed by atoms with Gasteiger partial charge in [0, 0.05) is 31.5 Å². The summed E-state index contributed by atoms with van der Waals surface area (Å²) < 4.78 is 45.5. The van der Waals surface area contributed by atoms with Crippen molar-refractivity contribution in [2.75, 3.05) is 19.8 Å². The molecule has 6 nitrogen and oxygen atoms in total. The molecule has 9 heteroatoms. The van der Waals surface area contributed by atoms with Crippen molar-refractivity contribution in [3.05, 3.63) is 57.5 Å². The van der Waals surface area contributed by atoms with Crippen LogP contribution < -0.4 is 10.7 Å². The highest BCUT2D eigenvalue weighted by Crippen LogP contribution is 2.30. The molecule has 1 amide bonds. The maximum Gasteiger partial charge on any atom is 0.416 e. The molecule has 29 heavy (non-hydrogen) atoms. The van der Waals surface area contributed by atoms with Gasteiger partial charge in [-0.2, -0.15) is 18.3 Å². The lowest BCUT2D eigenvalue weighted by atomic mass is 10.2. The van der Waals surface area contributed by atoms with Crippen molar-refractivity contribution < 1.29 is 22.7 Å². The van der Waals surface area contributed by atoms with Crippen molar-refractivity contribution in [2.24, 2.45) is 0 Å². The van der Waals surface area contributed by atoms with E-state index in [4.69, 9.17) is 4.74 Å². The van der Waals surface area contributed by atoms with Gasteiger partial charge in [0.15, 0.2) is 5.69 Å². The van der Waals surface area contributed by atoms with E-state index in [1.165, 1.54) is 25.1 Å². The number of ether oxygens (including phenoxy) is 1. The van der Waals surface area contributed by atoms with E-state index in [-0.39, 0.29) is 11.4 Å². The second kappa shape index (κ2) is 10.2. The first-order chi connectivity index (χ1) is 13.7. The Labute approximate surface area is 166 Å². The molecule has 158 valence electrons. The number of carbonyl (C=O) groups excluding carboxylic acids is 1. The minimum atomic E-state index is -4.51. The monoisotopic (exact) mass is 411 g/mol. The number of alkyl halides is 3. The van der Waals surface area contributed by atoms with Crippen molar-refractivity contribution in [3.8, 4) is 5.69 Å². The smallest absolute Gasteiger partial charge is 0.381 e. The van der Waals surface area contributed by atoms with Gasteiger partial charge in [-0.1, -0.05) is 19.4 Å². The lowest BCUT2D eigenvalue weighted by molar-refractivity contribution is -0.137. The summed E-state index contributed by atoms with van der Waals surface area (Å²) in [5.74, 6) is -0.677. The molecule has 1 N–H and O–H groups in total. The molecule has 0 saturated heterocycles. The zero-order chi connectivity index (χ0) is 21.4. The average Bonchev–Trinajstić information content (AvgIpc) is 2.66. The van der Waals surface area contributed by atoms with Gasteiger partial charge in [-0.05, 0) is 38.0 Å². The summed E-state index contributed by atoms with van der Waals surface area (Å²) >= 11 is 0. The quantitative estimate of drug-likeness (QED) is 0.641. The molecule has 0 atom stereocenters. The number of hydrogen-bond donors (Lipinski definition) is 1. The van der Waals surface area contributed by atoms with Gasteiger partial charge in [0.2, 0.25) is 5.43 Å². The fourth-order valence-electron chi connectivity index (χ4n) is 2.59. The number of hydrogen-bond acceptors (Lipinski definition) is 4. The molecule has 1 heterocycles. The average molecular weight is 411 g/mol. The minimum absolute atomic E-state index is 0.107. The third-order valence-electron chi connectivity index (χ3n) is 4.13. The number of halogens is 3. The van der Waals surface area contributed by atoms with Crippen LogP contribution in [0.2, 0.25) is 0 Å². The zero-order valence-electron chi connectivity index (χ0n) is 16.4. The second-order valence-corrected chi connectivity index (χ2v) is 6.53. The van der Waals surface area contributed by atoms with Gasteiger partial charge in [-0.25, -0.2) is 4.68 Å². The number of carbonyl (C=O) groups is 1. The predicted molar refractivity (Wildman–Crippen MR) is 102 cm³/mol. The maximum absolute atomic E-state index is 13.0. The first-order valence-electron chi connectivity index (χ1n) is 9.38. The van der Waals surface area contributed by atoms with Crippen LogP contribution in [0.15, 0.2) is 35.1 Å². The Morgan fingerprint density at radius 2 is 1.93 bits per heavy atom. The Morgan fingerprint density at radius 1 is 1.21 bits per heavy atom. The molecule has 2 aromatic rings. The number of nitrogens with zero attached hydrogens (tertiary/aromatic N) is 2. The summed E-state index contributed by atoms with van der Waals surface area (Å²) in [7, 11) is 0. The molecular formula is C20H24F3N3O3. The van der Waals surface area contributed by atoms with Crippen LogP contribution in [0.25, 0.3) is 5.69 Å². The van der Waals surface area contributed by atoms with Gasteiger partial charge in [0.1, 0.15) is 0 Å². The second-order valence-electron chi connectivity index (χ2n) is 6.53. The number of unbranched alkanes of at least 4 members (excludes halogenated alkanes) is 1. The normalized spacial score (nSPS) is 11.5. The molecule has 0 bridgehead atoms. The summed E-state index contributed by atoms with van der Waals surface area (Å²) in [6.07, 6.45) is -1.94. The third-order valence-corrected chi connectivity index (χ3v) is 4.13. The van der Waals surface area contributed by atoms with Gasteiger partial charge in [0.25, 0.3) is 5.91 Å². The summed E-state index contributed by atoms with van der Waals surface area (Å²) in [6.45, 7) is 5.03. The van der Waals surface area contributed by atoms with Crippen LogP contribution in [-0.2, 0) is 10.9 Å². The topological polar surface area (TPSA) is 73.2 Å².